The van der Waals surface area contributed by atoms with Crippen molar-refractivity contribution >= 4 is 43.7 Å². The third-order valence-corrected chi connectivity index (χ3v) is 6.75. The lowest BCUT2D eigenvalue weighted by Crippen LogP contribution is -2.14. The van der Waals surface area contributed by atoms with Gasteiger partial charge in [0.15, 0.2) is 11.4 Å². The number of nitro groups is 1. The van der Waals surface area contributed by atoms with Crippen molar-refractivity contribution in [3.8, 4) is 5.88 Å². The minimum absolute atomic E-state index is 0.149. The van der Waals surface area contributed by atoms with Crippen LogP contribution in [0.1, 0.15) is 11.1 Å². The highest BCUT2D eigenvalue weighted by Crippen LogP contribution is 2.39. The molecule has 1 heterocycles. The third kappa shape index (κ3) is 4.20. The maximum Gasteiger partial charge on any atom is 0.298 e. The summed E-state index contributed by atoms with van der Waals surface area (Å²) >= 11 is 0. The molecular formula is C23H21N5O5S. The highest BCUT2D eigenvalue weighted by Gasteiger charge is 2.23. The largest absolute Gasteiger partial charge is 0.493 e. The summed E-state index contributed by atoms with van der Waals surface area (Å²) in [4.78, 5) is 10.7. The van der Waals surface area contributed by atoms with E-state index in [9.17, 15) is 23.6 Å². The number of aryl methyl sites for hydroxylation is 3. The molecule has 0 radical (unpaired) electrons. The van der Waals surface area contributed by atoms with Crippen molar-refractivity contribution in [3.05, 3.63) is 81.9 Å². The minimum atomic E-state index is -4.09. The second kappa shape index (κ2) is 8.60. The molecule has 174 valence electrons. The van der Waals surface area contributed by atoms with Crippen molar-refractivity contribution in [1.82, 2.24) is 4.57 Å². The van der Waals surface area contributed by atoms with Crippen LogP contribution >= 0.6 is 0 Å². The van der Waals surface area contributed by atoms with Crippen molar-refractivity contribution in [2.45, 2.75) is 18.7 Å². The van der Waals surface area contributed by atoms with Gasteiger partial charge in [-0.3, -0.25) is 14.8 Å². The van der Waals surface area contributed by atoms with Gasteiger partial charge >= 0.3 is 0 Å². The van der Waals surface area contributed by atoms with E-state index in [1.54, 1.807) is 50.4 Å². The first-order valence-corrected chi connectivity index (χ1v) is 11.6. The number of sulfonamides is 1. The van der Waals surface area contributed by atoms with Crippen LogP contribution in [0.25, 0.3) is 10.9 Å². The number of hydrogen-bond donors (Lipinski definition) is 2. The highest BCUT2D eigenvalue weighted by molar-refractivity contribution is 7.92. The predicted octanol–water partition coefficient (Wildman–Crippen LogP) is 5.63. The van der Waals surface area contributed by atoms with Gasteiger partial charge in [-0.25, -0.2) is 8.42 Å². The maximum absolute atomic E-state index is 12.9. The molecule has 0 saturated carbocycles. The molecule has 0 bridgehead atoms. The van der Waals surface area contributed by atoms with E-state index < -0.39 is 20.6 Å². The summed E-state index contributed by atoms with van der Waals surface area (Å²) < 4.78 is 29.7. The number of para-hydroxylation sites is 1. The summed E-state index contributed by atoms with van der Waals surface area (Å²) in [5.41, 5.74) is 2.25. The Labute approximate surface area is 195 Å². The van der Waals surface area contributed by atoms with E-state index in [1.165, 1.54) is 16.7 Å². The second-order valence-corrected chi connectivity index (χ2v) is 9.46. The summed E-state index contributed by atoms with van der Waals surface area (Å²) in [6.45, 7) is 3.65. The van der Waals surface area contributed by atoms with E-state index in [-0.39, 0.29) is 22.2 Å². The molecule has 4 aromatic rings. The van der Waals surface area contributed by atoms with E-state index in [4.69, 9.17) is 0 Å². The summed E-state index contributed by atoms with van der Waals surface area (Å²) in [5.74, 6) is -0.149. The average molecular weight is 480 g/mol. The van der Waals surface area contributed by atoms with Crippen molar-refractivity contribution in [1.29, 1.82) is 0 Å². The van der Waals surface area contributed by atoms with Crippen LogP contribution in [-0.2, 0) is 17.1 Å². The molecule has 1 aromatic heterocycles. The van der Waals surface area contributed by atoms with Gasteiger partial charge in [-0.1, -0.05) is 35.9 Å². The molecule has 3 aromatic carbocycles. The average Bonchev–Trinajstić information content (AvgIpc) is 3.04. The Morgan fingerprint density at radius 2 is 1.76 bits per heavy atom. The fourth-order valence-electron chi connectivity index (χ4n) is 3.60. The Morgan fingerprint density at radius 3 is 2.47 bits per heavy atom. The Balaban J connectivity index is 1.72. The Hall–Kier alpha value is -4.25. The number of rotatable bonds is 6. The summed E-state index contributed by atoms with van der Waals surface area (Å²) in [6, 6.07) is 15.7. The van der Waals surface area contributed by atoms with Crippen LogP contribution in [0.2, 0.25) is 0 Å². The Bertz CT molecular complexity index is 1570. The third-order valence-electron chi connectivity index (χ3n) is 5.39. The molecule has 0 amide bonds. The minimum Gasteiger partial charge on any atom is -0.493 e. The number of anilines is 1. The van der Waals surface area contributed by atoms with Gasteiger partial charge in [0, 0.05) is 18.5 Å². The zero-order valence-corrected chi connectivity index (χ0v) is 19.4. The molecule has 0 saturated heterocycles. The summed E-state index contributed by atoms with van der Waals surface area (Å²) in [6.07, 6.45) is 0. The number of fused-ring (bicyclic) bond motifs is 1. The number of aromatic nitrogens is 1. The number of nitro benzene ring substituents is 1. The number of nitrogens with one attached hydrogen (secondary N) is 1. The SMILES string of the molecule is Cc1ccc(NS(=O)(=O)c2ccc(N=Nc3c(O)n(C)c4ccccc34)c([N+](=O)[O-])c2)c(C)c1. The predicted molar refractivity (Wildman–Crippen MR) is 129 cm³/mol. The van der Waals surface area contributed by atoms with Crippen molar-refractivity contribution < 1.29 is 18.4 Å². The zero-order valence-electron chi connectivity index (χ0n) is 18.6. The van der Waals surface area contributed by atoms with E-state index in [0.717, 1.165) is 17.2 Å². The number of hydrogen-bond acceptors (Lipinski definition) is 7. The van der Waals surface area contributed by atoms with E-state index in [0.29, 0.717) is 16.6 Å². The van der Waals surface area contributed by atoms with E-state index in [1.807, 2.05) is 13.0 Å². The van der Waals surface area contributed by atoms with E-state index >= 15 is 0 Å². The monoisotopic (exact) mass is 479 g/mol. The van der Waals surface area contributed by atoms with E-state index in [2.05, 4.69) is 15.0 Å². The molecule has 0 aliphatic carbocycles. The van der Waals surface area contributed by atoms with Crippen molar-refractivity contribution in [2.24, 2.45) is 17.3 Å². The number of azo groups is 1. The van der Waals surface area contributed by atoms with Gasteiger partial charge < -0.3 is 9.67 Å². The molecule has 0 atom stereocenters. The first kappa shape index (κ1) is 22.9. The molecule has 2 N–H and O–H groups in total. The quantitative estimate of drug-likeness (QED) is 0.210. The van der Waals surface area contributed by atoms with Gasteiger partial charge in [0.2, 0.25) is 5.88 Å². The van der Waals surface area contributed by atoms with Crippen LogP contribution < -0.4 is 4.72 Å². The molecule has 0 fully saturated rings. The smallest absolute Gasteiger partial charge is 0.298 e. The maximum atomic E-state index is 12.9. The molecular weight excluding hydrogens is 458 g/mol. The normalized spacial score (nSPS) is 11.9. The lowest BCUT2D eigenvalue weighted by molar-refractivity contribution is -0.384. The van der Waals surface area contributed by atoms with Crippen molar-refractivity contribution in [2.75, 3.05) is 4.72 Å². The molecule has 0 unspecified atom stereocenters. The topological polar surface area (TPSA) is 139 Å². The number of aromatic hydroxyl groups is 1. The highest BCUT2D eigenvalue weighted by atomic mass is 32.2. The lowest BCUT2D eigenvalue weighted by Gasteiger charge is -2.11. The number of nitrogens with zero attached hydrogens (tertiary/aromatic N) is 4. The fourth-order valence-corrected chi connectivity index (χ4v) is 4.75. The van der Waals surface area contributed by atoms with Gasteiger partial charge in [0.1, 0.15) is 0 Å². The first-order valence-electron chi connectivity index (χ1n) is 10.1. The molecule has 0 aliphatic heterocycles. The standard InChI is InChI=1S/C23H21N5O5S/c1-14-8-10-18(15(2)12-14)26-34(32,33)16-9-11-19(21(13-16)28(30)31)24-25-22-17-6-4-5-7-20(17)27(3)23(22)29/h4-13,26,29H,1-3H3. The van der Waals surface area contributed by atoms with Crippen LogP contribution in [0.3, 0.4) is 0 Å². The second-order valence-electron chi connectivity index (χ2n) is 7.78. The Kier molecular flexibility index (Phi) is 5.80. The van der Waals surface area contributed by atoms with Crippen LogP contribution in [-0.4, -0.2) is 23.0 Å². The molecule has 0 aliphatic rings. The van der Waals surface area contributed by atoms with Crippen LogP contribution in [0, 0.1) is 24.0 Å². The Morgan fingerprint density at radius 1 is 1.03 bits per heavy atom. The van der Waals surface area contributed by atoms with Gasteiger partial charge in [-0.2, -0.15) is 0 Å². The zero-order chi connectivity index (χ0) is 24.6. The molecule has 4 rings (SSSR count). The van der Waals surface area contributed by atoms with Crippen LogP contribution in [0.5, 0.6) is 5.88 Å². The molecule has 11 heteroatoms. The molecule has 10 nitrogen and oxygen atoms in total. The molecule has 34 heavy (non-hydrogen) atoms. The van der Waals surface area contributed by atoms with Gasteiger partial charge in [-0.05, 0) is 43.7 Å². The molecule has 0 spiro atoms. The van der Waals surface area contributed by atoms with Crippen LogP contribution in [0.15, 0.2) is 75.8 Å². The lowest BCUT2D eigenvalue weighted by atomic mass is 10.1. The van der Waals surface area contributed by atoms with Crippen LogP contribution in [0.4, 0.5) is 22.7 Å². The fraction of sp³-hybridized carbons (Fsp3) is 0.130. The number of benzene rings is 3. The van der Waals surface area contributed by atoms with Gasteiger partial charge in [0.05, 0.1) is 21.0 Å². The van der Waals surface area contributed by atoms with Gasteiger partial charge in [-0.15, -0.1) is 10.2 Å². The van der Waals surface area contributed by atoms with Gasteiger partial charge in [0.25, 0.3) is 15.7 Å². The summed E-state index contributed by atoms with van der Waals surface area (Å²) in [5, 5.41) is 30.7. The first-order chi connectivity index (χ1) is 16.1. The summed E-state index contributed by atoms with van der Waals surface area (Å²) in [7, 11) is -2.44. The van der Waals surface area contributed by atoms with Crippen molar-refractivity contribution in [3.63, 3.8) is 0 Å².